The van der Waals surface area contributed by atoms with E-state index in [0.29, 0.717) is 19.3 Å². The first-order valence-electron chi connectivity index (χ1n) is 9.39. The minimum atomic E-state index is -0.876. The number of aliphatic hydroxyl groups excluding tert-OH is 2. The van der Waals surface area contributed by atoms with Crippen molar-refractivity contribution < 1.29 is 24.9 Å². The lowest BCUT2D eigenvalue weighted by molar-refractivity contribution is -0.137. The molecular weight excluding hydrogens is 320 g/mol. The van der Waals surface area contributed by atoms with Crippen molar-refractivity contribution >= 4 is 11.8 Å². The van der Waals surface area contributed by atoms with Crippen LogP contribution in [-0.2, 0) is 9.59 Å². The predicted molar refractivity (Wildman–Crippen MR) is 97.1 cm³/mol. The molecule has 0 bridgehead atoms. The summed E-state index contributed by atoms with van der Waals surface area (Å²) in [6.07, 6.45) is 12.2. The highest BCUT2D eigenvalue weighted by atomic mass is 16.4. The molecule has 0 spiro atoms. The van der Waals surface area contributed by atoms with Gasteiger partial charge in [-0.15, -0.1) is 0 Å². The van der Waals surface area contributed by atoms with E-state index >= 15 is 0 Å². The topological polar surface area (TPSA) is 94.8 Å². The van der Waals surface area contributed by atoms with Crippen LogP contribution < -0.4 is 0 Å². The van der Waals surface area contributed by atoms with Gasteiger partial charge in [-0.2, -0.15) is 0 Å². The van der Waals surface area contributed by atoms with Gasteiger partial charge in [0.15, 0.2) is 0 Å². The first-order chi connectivity index (χ1) is 12.0. The summed E-state index contributed by atoms with van der Waals surface area (Å²) >= 11 is 0. The summed E-state index contributed by atoms with van der Waals surface area (Å²) in [5.74, 6) is -1.57. The molecule has 1 saturated carbocycles. The molecule has 0 aromatic heterocycles. The van der Waals surface area contributed by atoms with Crippen molar-refractivity contribution in [2.75, 3.05) is 0 Å². The van der Waals surface area contributed by atoms with E-state index in [1.165, 1.54) is 12.8 Å². The van der Waals surface area contributed by atoms with Gasteiger partial charge in [-0.1, -0.05) is 44.1 Å². The zero-order valence-electron chi connectivity index (χ0n) is 15.1. The molecular formula is C20H32O5. The number of carboxylic acids is 1. The number of allylic oxidation sites excluding steroid dienone is 1. The van der Waals surface area contributed by atoms with Crippen LogP contribution in [0.15, 0.2) is 24.3 Å². The number of aliphatic carboxylic acids is 1. The molecule has 0 radical (unpaired) electrons. The van der Waals surface area contributed by atoms with E-state index < -0.39 is 18.2 Å². The highest BCUT2D eigenvalue weighted by molar-refractivity contribution is 5.84. The fraction of sp³-hybridized carbons (Fsp3) is 0.700. The molecule has 3 N–H and O–H groups in total. The van der Waals surface area contributed by atoms with Gasteiger partial charge in [0.25, 0.3) is 0 Å². The highest BCUT2D eigenvalue weighted by Gasteiger charge is 2.39. The van der Waals surface area contributed by atoms with Gasteiger partial charge in [-0.3, -0.25) is 9.59 Å². The van der Waals surface area contributed by atoms with E-state index in [9.17, 15) is 19.8 Å². The van der Waals surface area contributed by atoms with Crippen molar-refractivity contribution in [2.24, 2.45) is 11.8 Å². The van der Waals surface area contributed by atoms with Gasteiger partial charge in [0.2, 0.25) is 0 Å². The third kappa shape index (κ3) is 8.45. The Kier molecular flexibility index (Phi) is 10.3. The Morgan fingerprint density at radius 3 is 2.72 bits per heavy atom. The maximum Gasteiger partial charge on any atom is 0.303 e. The monoisotopic (exact) mass is 352 g/mol. The molecule has 1 fully saturated rings. The lowest BCUT2D eigenvalue weighted by atomic mass is 9.89. The van der Waals surface area contributed by atoms with E-state index in [1.807, 2.05) is 6.08 Å². The van der Waals surface area contributed by atoms with Crippen LogP contribution in [-0.4, -0.2) is 39.3 Å². The standard InChI is InChI=1S/C20H32O5/c1-2-3-4-5-6-7-9-15(21)12-13-17-16(10-8-11-20(24)25)18(22)14-19(17)23/h6-7,12-13,15-17,19,21,23H,2-5,8-11,14H2,1H3,(H,24,25)/b7-6-,13-12+/t15-,16+,17-,19-/m0/s1. The highest BCUT2D eigenvalue weighted by Crippen LogP contribution is 2.34. The zero-order valence-corrected chi connectivity index (χ0v) is 15.1. The number of carbonyl (C=O) groups excluding carboxylic acids is 1. The van der Waals surface area contributed by atoms with Gasteiger partial charge in [-0.25, -0.2) is 0 Å². The Morgan fingerprint density at radius 1 is 1.28 bits per heavy atom. The minimum Gasteiger partial charge on any atom is -0.481 e. The largest absolute Gasteiger partial charge is 0.481 e. The second-order valence-corrected chi connectivity index (χ2v) is 6.86. The average molecular weight is 352 g/mol. The van der Waals surface area contributed by atoms with Gasteiger partial charge in [0.1, 0.15) is 5.78 Å². The molecule has 1 aliphatic rings. The van der Waals surface area contributed by atoms with E-state index in [0.717, 1.165) is 12.8 Å². The number of hydrogen-bond donors (Lipinski definition) is 3. The second kappa shape index (κ2) is 12.0. The van der Waals surface area contributed by atoms with Crippen LogP contribution in [0, 0.1) is 11.8 Å². The second-order valence-electron chi connectivity index (χ2n) is 6.86. The smallest absolute Gasteiger partial charge is 0.303 e. The zero-order chi connectivity index (χ0) is 18.7. The van der Waals surface area contributed by atoms with E-state index in [-0.39, 0.29) is 30.5 Å². The number of carbonyl (C=O) groups is 2. The number of Topliss-reactive ketones (excluding diaryl/α,β-unsaturated/α-hetero) is 1. The molecule has 0 aliphatic heterocycles. The molecule has 5 nitrogen and oxygen atoms in total. The van der Waals surface area contributed by atoms with Crippen molar-refractivity contribution in [2.45, 2.75) is 76.9 Å². The van der Waals surface area contributed by atoms with Crippen molar-refractivity contribution in [1.29, 1.82) is 0 Å². The van der Waals surface area contributed by atoms with E-state index in [4.69, 9.17) is 5.11 Å². The Hall–Kier alpha value is -1.46. The average Bonchev–Trinajstić information content (AvgIpc) is 2.82. The number of rotatable bonds is 12. The van der Waals surface area contributed by atoms with Crippen LogP contribution in [0.25, 0.3) is 0 Å². The van der Waals surface area contributed by atoms with Gasteiger partial charge >= 0.3 is 5.97 Å². The molecule has 0 aromatic rings. The maximum absolute atomic E-state index is 12.0. The molecule has 4 atom stereocenters. The van der Waals surface area contributed by atoms with Gasteiger partial charge < -0.3 is 15.3 Å². The summed E-state index contributed by atoms with van der Waals surface area (Å²) in [5, 5.41) is 28.8. The summed E-state index contributed by atoms with van der Waals surface area (Å²) in [6.45, 7) is 2.16. The summed E-state index contributed by atoms with van der Waals surface area (Å²) in [7, 11) is 0. The van der Waals surface area contributed by atoms with E-state index in [1.54, 1.807) is 12.2 Å². The van der Waals surface area contributed by atoms with Crippen LogP contribution in [0.5, 0.6) is 0 Å². The molecule has 0 saturated heterocycles. The quantitative estimate of drug-likeness (QED) is 0.370. The Bertz CT molecular complexity index is 469. The van der Waals surface area contributed by atoms with Gasteiger partial charge in [-0.05, 0) is 32.1 Å². The fourth-order valence-corrected chi connectivity index (χ4v) is 3.27. The molecule has 0 amide bonds. The summed E-state index contributed by atoms with van der Waals surface area (Å²) in [5.41, 5.74) is 0. The fourth-order valence-electron chi connectivity index (χ4n) is 3.27. The van der Waals surface area contributed by atoms with Gasteiger partial charge in [0.05, 0.1) is 12.2 Å². The lowest BCUT2D eigenvalue weighted by Gasteiger charge is -2.17. The third-order valence-corrected chi connectivity index (χ3v) is 4.71. The summed E-state index contributed by atoms with van der Waals surface area (Å²) in [4.78, 5) is 22.6. The number of carboxylic acid groups (broad SMARTS) is 1. The molecule has 142 valence electrons. The molecule has 0 heterocycles. The Balaban J connectivity index is 2.45. The molecule has 0 unspecified atom stereocenters. The summed E-state index contributed by atoms with van der Waals surface area (Å²) < 4.78 is 0. The SMILES string of the molecule is CCCCC/C=C\C[C@H](O)/C=C/[C@@H]1[C@@H](O)CC(=O)[C@@H]1CCCC(=O)O. The van der Waals surface area contributed by atoms with Crippen LogP contribution in [0.3, 0.4) is 0 Å². The maximum atomic E-state index is 12.0. The van der Waals surface area contributed by atoms with Gasteiger partial charge in [0, 0.05) is 24.7 Å². The Morgan fingerprint density at radius 2 is 2.04 bits per heavy atom. The normalized spacial score (nSPS) is 25.2. The van der Waals surface area contributed by atoms with Crippen molar-refractivity contribution in [3.8, 4) is 0 Å². The minimum absolute atomic E-state index is 0.0159. The number of unbranched alkanes of at least 4 members (excludes halogenated alkanes) is 3. The van der Waals surface area contributed by atoms with Crippen LogP contribution >= 0.6 is 0 Å². The molecule has 25 heavy (non-hydrogen) atoms. The van der Waals surface area contributed by atoms with Crippen LogP contribution in [0.4, 0.5) is 0 Å². The predicted octanol–water partition coefficient (Wildman–Crippen LogP) is 3.25. The first kappa shape index (κ1) is 21.6. The van der Waals surface area contributed by atoms with Crippen LogP contribution in [0.1, 0.15) is 64.7 Å². The van der Waals surface area contributed by atoms with E-state index in [2.05, 4.69) is 13.0 Å². The number of ketones is 1. The van der Waals surface area contributed by atoms with Crippen molar-refractivity contribution in [3.05, 3.63) is 24.3 Å². The molecule has 1 aliphatic carbocycles. The summed E-state index contributed by atoms with van der Waals surface area (Å²) in [6, 6.07) is 0. The molecule has 5 heteroatoms. The number of aliphatic hydroxyl groups is 2. The molecule has 1 rings (SSSR count). The number of hydrogen-bond acceptors (Lipinski definition) is 4. The van der Waals surface area contributed by atoms with Crippen molar-refractivity contribution in [1.82, 2.24) is 0 Å². The molecule has 0 aromatic carbocycles. The Labute approximate surface area is 150 Å². The van der Waals surface area contributed by atoms with Crippen LogP contribution in [0.2, 0.25) is 0 Å². The van der Waals surface area contributed by atoms with Crippen molar-refractivity contribution in [3.63, 3.8) is 0 Å². The lowest BCUT2D eigenvalue weighted by Crippen LogP contribution is -2.19. The first-order valence-corrected chi connectivity index (χ1v) is 9.39. The third-order valence-electron chi connectivity index (χ3n) is 4.71.